The van der Waals surface area contributed by atoms with Crippen LogP contribution in [0.25, 0.3) is 0 Å². The van der Waals surface area contributed by atoms with Crippen LogP contribution in [0.2, 0.25) is 5.02 Å². The summed E-state index contributed by atoms with van der Waals surface area (Å²) < 4.78 is 0. The number of carboxylic acids is 1. The molecule has 0 saturated heterocycles. The maximum atomic E-state index is 10.8. The average Bonchev–Trinajstić information content (AvgIpc) is 2.25. The van der Waals surface area contributed by atoms with Gasteiger partial charge in [-0.3, -0.25) is 4.99 Å². The van der Waals surface area contributed by atoms with Crippen LogP contribution in [0.1, 0.15) is 11.1 Å². The maximum absolute atomic E-state index is 10.8. The first-order valence-corrected chi connectivity index (χ1v) is 4.87. The van der Waals surface area contributed by atoms with Crippen LogP contribution >= 0.6 is 11.6 Å². The lowest BCUT2D eigenvalue weighted by Crippen LogP contribution is -2.24. The van der Waals surface area contributed by atoms with Crippen molar-refractivity contribution in [2.75, 3.05) is 0 Å². The van der Waals surface area contributed by atoms with Crippen molar-refractivity contribution in [1.29, 1.82) is 0 Å². The van der Waals surface area contributed by atoms with E-state index in [-0.39, 0.29) is 22.9 Å². The highest BCUT2D eigenvalue weighted by molar-refractivity contribution is 6.33. The van der Waals surface area contributed by atoms with Gasteiger partial charge in [-0.1, -0.05) is 11.6 Å². The number of benzene rings is 1. The van der Waals surface area contributed by atoms with Gasteiger partial charge < -0.3 is 15.3 Å². The van der Waals surface area contributed by atoms with Crippen molar-refractivity contribution in [3.8, 4) is 11.5 Å². The van der Waals surface area contributed by atoms with Gasteiger partial charge >= 0.3 is 5.97 Å². The summed E-state index contributed by atoms with van der Waals surface area (Å²) >= 11 is 5.84. The minimum Gasteiger partial charge on any atom is -0.507 e. The Bertz CT molecular complexity index is 498. The first kappa shape index (κ1) is 10.8. The molecule has 1 unspecified atom stereocenters. The molecular formula is C10H8ClNO4. The number of hydrogen-bond donors (Lipinski definition) is 3. The third-order valence-corrected chi connectivity index (χ3v) is 2.85. The topological polar surface area (TPSA) is 90.1 Å². The summed E-state index contributed by atoms with van der Waals surface area (Å²) in [7, 11) is 0. The summed E-state index contributed by atoms with van der Waals surface area (Å²) in [5.41, 5.74) is 0.766. The molecular weight excluding hydrogens is 234 g/mol. The van der Waals surface area contributed by atoms with E-state index < -0.39 is 12.0 Å². The van der Waals surface area contributed by atoms with E-state index >= 15 is 0 Å². The summed E-state index contributed by atoms with van der Waals surface area (Å²) in [4.78, 5) is 14.5. The first-order valence-electron chi connectivity index (χ1n) is 4.50. The molecule has 2 rings (SSSR count). The second kappa shape index (κ2) is 3.68. The lowest BCUT2D eigenvalue weighted by molar-refractivity contribution is -0.138. The SMILES string of the molecule is O=C(O)C1Cc2c(Cl)c(O)cc(O)c2C=N1. The third-order valence-electron chi connectivity index (χ3n) is 2.43. The van der Waals surface area contributed by atoms with E-state index in [0.29, 0.717) is 11.1 Å². The van der Waals surface area contributed by atoms with Crippen molar-refractivity contribution in [3.63, 3.8) is 0 Å². The van der Waals surface area contributed by atoms with E-state index in [1.54, 1.807) is 0 Å². The van der Waals surface area contributed by atoms with Gasteiger partial charge in [0.2, 0.25) is 0 Å². The summed E-state index contributed by atoms with van der Waals surface area (Å²) in [6, 6.07) is 0.181. The zero-order chi connectivity index (χ0) is 11.9. The van der Waals surface area contributed by atoms with Gasteiger partial charge in [0.25, 0.3) is 0 Å². The number of phenolic OH excluding ortho intramolecular Hbond substituents is 2. The van der Waals surface area contributed by atoms with E-state index in [0.717, 1.165) is 6.07 Å². The molecule has 0 aliphatic carbocycles. The van der Waals surface area contributed by atoms with Crippen molar-refractivity contribution in [1.82, 2.24) is 0 Å². The van der Waals surface area contributed by atoms with Gasteiger partial charge in [0.05, 0.1) is 5.02 Å². The smallest absolute Gasteiger partial charge is 0.328 e. The Balaban J connectivity index is 2.55. The fourth-order valence-electron chi connectivity index (χ4n) is 1.60. The van der Waals surface area contributed by atoms with E-state index in [9.17, 15) is 15.0 Å². The van der Waals surface area contributed by atoms with Gasteiger partial charge in [-0.05, 0) is 5.56 Å². The molecule has 0 radical (unpaired) electrons. The fourth-order valence-corrected chi connectivity index (χ4v) is 1.84. The highest BCUT2D eigenvalue weighted by Gasteiger charge is 2.26. The predicted octanol–water partition coefficient (Wildman–Crippen LogP) is 1.18. The van der Waals surface area contributed by atoms with Crippen LogP contribution < -0.4 is 0 Å². The standard InChI is InChI=1S/C10H8ClNO4/c11-9-4-1-6(10(15)16)12-3-5(4)7(13)2-8(9)14/h2-3,6,13-14H,1H2,(H,15,16). The zero-order valence-electron chi connectivity index (χ0n) is 8.01. The van der Waals surface area contributed by atoms with Crippen molar-refractivity contribution in [3.05, 3.63) is 22.2 Å². The molecule has 1 aromatic rings. The van der Waals surface area contributed by atoms with Crippen molar-refractivity contribution in [2.45, 2.75) is 12.5 Å². The number of rotatable bonds is 1. The number of fused-ring (bicyclic) bond motifs is 1. The van der Waals surface area contributed by atoms with E-state index in [1.165, 1.54) is 6.21 Å². The van der Waals surface area contributed by atoms with Gasteiger partial charge in [-0.25, -0.2) is 4.79 Å². The van der Waals surface area contributed by atoms with Crippen molar-refractivity contribution in [2.24, 2.45) is 4.99 Å². The highest BCUT2D eigenvalue weighted by atomic mass is 35.5. The Labute approximate surface area is 95.6 Å². The molecule has 6 heteroatoms. The number of phenols is 2. The summed E-state index contributed by atoms with van der Waals surface area (Å²) in [5.74, 6) is -1.50. The highest BCUT2D eigenvalue weighted by Crippen LogP contribution is 2.37. The van der Waals surface area contributed by atoms with Crippen LogP contribution in [-0.4, -0.2) is 33.5 Å². The van der Waals surface area contributed by atoms with Gasteiger partial charge in [-0.15, -0.1) is 0 Å². The van der Waals surface area contributed by atoms with Crippen molar-refractivity contribution < 1.29 is 20.1 Å². The lowest BCUT2D eigenvalue weighted by atomic mass is 9.97. The number of aliphatic imine (C=N–C) groups is 1. The molecule has 0 aromatic heterocycles. The molecule has 0 bridgehead atoms. The Morgan fingerprint density at radius 2 is 2.12 bits per heavy atom. The monoisotopic (exact) mass is 241 g/mol. The molecule has 84 valence electrons. The fraction of sp³-hybridized carbons (Fsp3) is 0.200. The molecule has 1 aliphatic rings. The Morgan fingerprint density at radius 1 is 1.44 bits per heavy atom. The third kappa shape index (κ3) is 1.59. The first-order chi connectivity index (χ1) is 7.50. The van der Waals surface area contributed by atoms with E-state index in [4.69, 9.17) is 16.7 Å². The second-order valence-corrected chi connectivity index (χ2v) is 3.84. The number of hydrogen-bond acceptors (Lipinski definition) is 4. The average molecular weight is 242 g/mol. The minimum atomic E-state index is -1.07. The molecule has 1 heterocycles. The van der Waals surface area contributed by atoms with Gasteiger partial charge in [0.15, 0.2) is 6.04 Å². The summed E-state index contributed by atoms with van der Waals surface area (Å²) in [6.07, 6.45) is 1.32. The molecule has 5 nitrogen and oxygen atoms in total. The maximum Gasteiger partial charge on any atom is 0.328 e. The number of carbonyl (C=O) groups is 1. The lowest BCUT2D eigenvalue weighted by Gasteiger charge is -2.18. The van der Waals surface area contributed by atoms with E-state index in [2.05, 4.69) is 4.99 Å². The van der Waals surface area contributed by atoms with Gasteiger partial charge in [0.1, 0.15) is 11.5 Å². The molecule has 1 aliphatic heterocycles. The van der Waals surface area contributed by atoms with Crippen LogP contribution in [0.15, 0.2) is 11.1 Å². The van der Waals surface area contributed by atoms with Crippen LogP contribution in [0.5, 0.6) is 11.5 Å². The van der Waals surface area contributed by atoms with E-state index in [1.807, 2.05) is 0 Å². The minimum absolute atomic E-state index is 0.0575. The molecule has 0 amide bonds. The van der Waals surface area contributed by atoms with Crippen LogP contribution in [0.3, 0.4) is 0 Å². The Hall–Kier alpha value is -1.75. The van der Waals surface area contributed by atoms with Crippen LogP contribution in [0.4, 0.5) is 0 Å². The number of aromatic hydroxyl groups is 2. The molecule has 3 N–H and O–H groups in total. The van der Waals surface area contributed by atoms with Crippen LogP contribution in [0, 0.1) is 0 Å². The largest absolute Gasteiger partial charge is 0.507 e. The Kier molecular flexibility index (Phi) is 2.47. The molecule has 1 atom stereocenters. The quantitative estimate of drug-likeness (QED) is 0.689. The number of aliphatic carboxylic acids is 1. The second-order valence-electron chi connectivity index (χ2n) is 3.46. The molecule has 0 fully saturated rings. The molecule has 1 aromatic carbocycles. The molecule has 0 spiro atoms. The number of halogens is 1. The van der Waals surface area contributed by atoms with Gasteiger partial charge in [0, 0.05) is 24.3 Å². The number of nitrogens with zero attached hydrogens (tertiary/aromatic N) is 1. The van der Waals surface area contributed by atoms with Crippen LogP contribution in [-0.2, 0) is 11.2 Å². The van der Waals surface area contributed by atoms with Crippen molar-refractivity contribution >= 4 is 23.8 Å². The molecule has 16 heavy (non-hydrogen) atoms. The summed E-state index contributed by atoms with van der Waals surface area (Å²) in [6.45, 7) is 0. The van der Waals surface area contributed by atoms with Gasteiger partial charge in [-0.2, -0.15) is 0 Å². The predicted molar refractivity (Wildman–Crippen MR) is 57.5 cm³/mol. The number of carboxylic acid groups (broad SMARTS) is 1. The zero-order valence-corrected chi connectivity index (χ0v) is 8.77. The molecule has 0 saturated carbocycles. The summed E-state index contributed by atoms with van der Waals surface area (Å²) in [5, 5.41) is 27.8. The Morgan fingerprint density at radius 3 is 2.75 bits per heavy atom. The normalized spacial score (nSPS) is 18.2.